The molecule has 0 saturated heterocycles. The molecule has 0 aliphatic rings. The topological polar surface area (TPSA) is 18.5 Å². The number of rotatable bonds is 3. The first-order valence-electron chi connectivity index (χ1n) is 4.11. The summed E-state index contributed by atoms with van der Waals surface area (Å²) < 4.78 is 45.5. The molecular weight excluding hydrogens is 324 g/mol. The Kier molecular flexibility index (Phi) is 4.06. The minimum atomic E-state index is -4.70. The van der Waals surface area contributed by atoms with E-state index in [4.69, 9.17) is 4.74 Å². The van der Waals surface area contributed by atoms with E-state index in [1.54, 1.807) is 35.6 Å². The molecule has 0 atom stereocenters. The number of halogens is 4. The van der Waals surface area contributed by atoms with Crippen LogP contribution in [0.5, 0.6) is 11.5 Å². The van der Waals surface area contributed by atoms with E-state index < -0.39 is 6.36 Å². The van der Waals surface area contributed by atoms with Gasteiger partial charge in [-0.3, -0.25) is 0 Å². The van der Waals surface area contributed by atoms with Crippen LogP contribution < -0.4 is 9.47 Å². The molecule has 2 nitrogen and oxygen atoms in total. The van der Waals surface area contributed by atoms with Crippen molar-refractivity contribution in [3.05, 3.63) is 21.8 Å². The van der Waals surface area contributed by atoms with Gasteiger partial charge in [0.15, 0.2) is 11.5 Å². The van der Waals surface area contributed by atoms with Crippen molar-refractivity contribution in [1.82, 2.24) is 0 Å². The summed E-state index contributed by atoms with van der Waals surface area (Å²) in [5.41, 5.74) is 0. The van der Waals surface area contributed by atoms with E-state index in [0.29, 0.717) is 3.57 Å². The highest BCUT2D eigenvalue weighted by atomic mass is 127. The van der Waals surface area contributed by atoms with Gasteiger partial charge in [0, 0.05) is 0 Å². The largest absolute Gasteiger partial charge is 0.573 e. The number of ether oxygens (including phenoxy) is 2. The molecule has 0 fully saturated rings. The molecule has 0 heterocycles. The molecule has 6 heteroatoms. The Morgan fingerprint density at radius 3 is 2.53 bits per heavy atom. The van der Waals surface area contributed by atoms with Crippen LogP contribution in [0.3, 0.4) is 0 Å². The van der Waals surface area contributed by atoms with Crippen molar-refractivity contribution < 1.29 is 22.6 Å². The maximum atomic E-state index is 12.1. The van der Waals surface area contributed by atoms with Crippen LogP contribution >= 0.6 is 22.6 Å². The second-order valence-corrected chi connectivity index (χ2v) is 3.71. The van der Waals surface area contributed by atoms with E-state index in [0.717, 1.165) is 0 Å². The Hall–Kier alpha value is -0.660. The van der Waals surface area contributed by atoms with Crippen LogP contribution in [0.25, 0.3) is 0 Å². The molecule has 1 aromatic carbocycles. The first-order chi connectivity index (χ1) is 6.94. The van der Waals surface area contributed by atoms with Crippen molar-refractivity contribution in [1.29, 1.82) is 0 Å². The van der Waals surface area contributed by atoms with E-state index in [-0.39, 0.29) is 18.1 Å². The average Bonchev–Trinajstić information content (AvgIpc) is 2.10. The van der Waals surface area contributed by atoms with Crippen LogP contribution in [0.4, 0.5) is 13.2 Å². The van der Waals surface area contributed by atoms with Gasteiger partial charge in [-0.1, -0.05) is 6.07 Å². The molecule has 0 unspecified atom stereocenters. The normalized spacial score (nSPS) is 11.3. The van der Waals surface area contributed by atoms with Crippen LogP contribution in [-0.4, -0.2) is 13.0 Å². The fourth-order valence-electron chi connectivity index (χ4n) is 0.973. The molecule has 0 amide bonds. The molecule has 0 radical (unpaired) electrons. The maximum absolute atomic E-state index is 12.1. The minimum Gasteiger partial charge on any atom is -0.490 e. The lowest BCUT2D eigenvalue weighted by atomic mass is 10.3. The maximum Gasteiger partial charge on any atom is 0.573 e. The molecule has 0 aromatic heterocycles. The monoisotopic (exact) mass is 332 g/mol. The lowest BCUT2D eigenvalue weighted by Crippen LogP contribution is -2.18. The smallest absolute Gasteiger partial charge is 0.490 e. The van der Waals surface area contributed by atoms with E-state index in [2.05, 4.69) is 4.74 Å². The number of hydrogen-bond donors (Lipinski definition) is 0. The zero-order valence-electron chi connectivity index (χ0n) is 7.77. The van der Waals surface area contributed by atoms with E-state index in [9.17, 15) is 13.2 Å². The van der Waals surface area contributed by atoms with Crippen molar-refractivity contribution in [2.24, 2.45) is 0 Å². The molecule has 84 valence electrons. The second-order valence-electron chi connectivity index (χ2n) is 2.55. The summed E-state index contributed by atoms with van der Waals surface area (Å²) in [5, 5.41) is 0. The zero-order valence-corrected chi connectivity index (χ0v) is 9.93. The minimum absolute atomic E-state index is 0.0988. The highest BCUT2D eigenvalue weighted by molar-refractivity contribution is 14.1. The molecule has 0 bridgehead atoms. The summed E-state index contributed by atoms with van der Waals surface area (Å²) in [4.78, 5) is 0. The summed E-state index contributed by atoms with van der Waals surface area (Å²) in [5.74, 6) is -0.186. The Morgan fingerprint density at radius 1 is 1.33 bits per heavy atom. The van der Waals surface area contributed by atoms with Gasteiger partial charge in [-0.25, -0.2) is 0 Å². The molecule has 0 N–H and O–H groups in total. The lowest BCUT2D eigenvalue weighted by Gasteiger charge is -2.14. The van der Waals surface area contributed by atoms with Gasteiger partial charge in [0.1, 0.15) is 0 Å². The van der Waals surface area contributed by atoms with Gasteiger partial charge in [0.05, 0.1) is 10.2 Å². The van der Waals surface area contributed by atoms with Crippen LogP contribution in [0.15, 0.2) is 18.2 Å². The summed E-state index contributed by atoms with van der Waals surface area (Å²) in [6.45, 7) is 1.98. The third-order valence-electron chi connectivity index (χ3n) is 1.45. The lowest BCUT2D eigenvalue weighted by molar-refractivity contribution is -0.275. The Labute approximate surface area is 98.5 Å². The molecule has 0 spiro atoms. The number of alkyl halides is 3. The first kappa shape index (κ1) is 12.4. The van der Waals surface area contributed by atoms with E-state index >= 15 is 0 Å². The van der Waals surface area contributed by atoms with Gasteiger partial charge in [0.2, 0.25) is 0 Å². The predicted octanol–water partition coefficient (Wildman–Crippen LogP) is 3.59. The Morgan fingerprint density at radius 2 is 2.00 bits per heavy atom. The fraction of sp³-hybridized carbons (Fsp3) is 0.333. The van der Waals surface area contributed by atoms with Gasteiger partial charge in [-0.05, 0) is 41.6 Å². The van der Waals surface area contributed by atoms with Gasteiger partial charge >= 0.3 is 6.36 Å². The summed E-state index contributed by atoms with van der Waals surface area (Å²) >= 11 is 1.76. The number of para-hydroxylation sites is 1. The van der Waals surface area contributed by atoms with E-state index in [1.807, 2.05) is 0 Å². The summed E-state index contributed by atoms with van der Waals surface area (Å²) in [6, 6.07) is 4.56. The van der Waals surface area contributed by atoms with Crippen molar-refractivity contribution in [2.45, 2.75) is 13.3 Å². The second kappa shape index (κ2) is 4.91. The fourth-order valence-corrected chi connectivity index (χ4v) is 1.56. The predicted molar refractivity (Wildman–Crippen MR) is 57.0 cm³/mol. The Balaban J connectivity index is 3.02. The molecule has 1 aromatic rings. The summed E-state index contributed by atoms with van der Waals surface area (Å²) in [6.07, 6.45) is -4.70. The molecule has 0 saturated carbocycles. The van der Waals surface area contributed by atoms with Crippen LogP contribution in [0.1, 0.15) is 6.92 Å². The summed E-state index contributed by atoms with van der Waals surface area (Å²) in [7, 11) is 0. The van der Waals surface area contributed by atoms with Gasteiger partial charge < -0.3 is 9.47 Å². The van der Waals surface area contributed by atoms with Crippen LogP contribution in [0.2, 0.25) is 0 Å². The van der Waals surface area contributed by atoms with Gasteiger partial charge in [-0.2, -0.15) is 0 Å². The quantitative estimate of drug-likeness (QED) is 0.788. The molecule has 0 aliphatic carbocycles. The number of benzene rings is 1. The van der Waals surface area contributed by atoms with E-state index in [1.165, 1.54) is 12.1 Å². The van der Waals surface area contributed by atoms with Crippen LogP contribution in [0, 0.1) is 3.57 Å². The molecule has 0 aliphatic heterocycles. The molecule has 1 rings (SSSR count). The average molecular weight is 332 g/mol. The standard InChI is InChI=1S/C9H8F3IO2/c1-2-14-7-5-3-4-6(13)8(7)15-9(10,11)12/h3-5H,2H2,1H3. The van der Waals surface area contributed by atoms with Gasteiger partial charge in [0.25, 0.3) is 0 Å². The Bertz CT molecular complexity index is 339. The van der Waals surface area contributed by atoms with Crippen molar-refractivity contribution in [3.63, 3.8) is 0 Å². The van der Waals surface area contributed by atoms with Crippen molar-refractivity contribution >= 4 is 22.6 Å². The SMILES string of the molecule is CCOc1cccc(I)c1OC(F)(F)F. The number of hydrogen-bond acceptors (Lipinski definition) is 2. The van der Waals surface area contributed by atoms with Crippen molar-refractivity contribution in [3.8, 4) is 11.5 Å². The third kappa shape index (κ3) is 3.77. The molecular formula is C9H8F3IO2. The highest BCUT2D eigenvalue weighted by Crippen LogP contribution is 2.36. The third-order valence-corrected chi connectivity index (χ3v) is 2.30. The highest BCUT2D eigenvalue weighted by Gasteiger charge is 2.33. The van der Waals surface area contributed by atoms with Crippen LogP contribution in [-0.2, 0) is 0 Å². The zero-order chi connectivity index (χ0) is 11.5. The first-order valence-corrected chi connectivity index (χ1v) is 5.19. The van der Waals surface area contributed by atoms with Gasteiger partial charge in [-0.15, -0.1) is 13.2 Å². The molecule has 15 heavy (non-hydrogen) atoms. The van der Waals surface area contributed by atoms with Crippen molar-refractivity contribution in [2.75, 3.05) is 6.61 Å².